The number of amides is 1. The minimum atomic E-state index is 0.0903. The maximum absolute atomic E-state index is 10.5. The predicted octanol–water partition coefficient (Wildman–Crippen LogP) is 1.17. The fraction of sp³-hybridized carbons (Fsp3) is 0.875. The van der Waals surface area contributed by atoms with Gasteiger partial charge in [-0.3, -0.25) is 4.79 Å². The average molecular weight is 141 g/mol. The summed E-state index contributed by atoms with van der Waals surface area (Å²) in [5, 5.41) is 2.83. The van der Waals surface area contributed by atoms with Crippen LogP contribution >= 0.6 is 0 Å². The summed E-state index contributed by atoms with van der Waals surface area (Å²) in [6.07, 6.45) is 2.72. The van der Waals surface area contributed by atoms with Crippen LogP contribution in [0.4, 0.5) is 0 Å². The van der Waals surface area contributed by atoms with Gasteiger partial charge in [0, 0.05) is 13.5 Å². The Morgan fingerprint density at radius 3 is 2.70 bits per heavy atom. The fourth-order valence-corrected chi connectivity index (χ4v) is 1.14. The minimum Gasteiger partial charge on any atom is -0.356 e. The third-order valence-electron chi connectivity index (χ3n) is 2.10. The number of rotatable bonds is 3. The van der Waals surface area contributed by atoms with E-state index >= 15 is 0 Å². The van der Waals surface area contributed by atoms with Crippen LogP contribution in [0.2, 0.25) is 0 Å². The van der Waals surface area contributed by atoms with Crippen molar-refractivity contribution in [3.05, 3.63) is 0 Å². The molecular weight excluding hydrogens is 126 g/mol. The molecule has 10 heavy (non-hydrogen) atoms. The normalized spacial score (nSPS) is 20.2. The lowest BCUT2D eigenvalue weighted by Crippen LogP contribution is -2.26. The van der Waals surface area contributed by atoms with Crippen molar-refractivity contribution >= 4 is 5.91 Å². The molecule has 0 heterocycles. The third-order valence-corrected chi connectivity index (χ3v) is 2.10. The van der Waals surface area contributed by atoms with Crippen LogP contribution in [-0.2, 0) is 4.79 Å². The van der Waals surface area contributed by atoms with Crippen LogP contribution in [0.3, 0.4) is 0 Å². The molecular formula is C8H15NO. The first-order valence-electron chi connectivity index (χ1n) is 3.94. The van der Waals surface area contributed by atoms with E-state index in [0.29, 0.717) is 5.92 Å². The molecule has 2 nitrogen and oxygen atoms in total. The van der Waals surface area contributed by atoms with E-state index in [0.717, 1.165) is 12.5 Å². The Hall–Kier alpha value is -0.530. The summed E-state index contributed by atoms with van der Waals surface area (Å²) in [6.45, 7) is 4.63. The first kappa shape index (κ1) is 7.58. The zero-order chi connectivity index (χ0) is 7.56. The first-order chi connectivity index (χ1) is 4.70. The molecule has 1 amide bonds. The number of carbonyl (C=O) groups excluding carboxylic acids is 1. The summed E-state index contributed by atoms with van der Waals surface area (Å²) in [6, 6.07) is 0. The number of nitrogens with one attached hydrogen (secondary N) is 1. The highest BCUT2D eigenvalue weighted by molar-refractivity contribution is 5.72. The molecule has 0 aromatic rings. The maximum atomic E-state index is 10.5. The molecule has 0 aliphatic heterocycles. The Labute approximate surface area is 62.0 Å². The van der Waals surface area contributed by atoms with Crippen molar-refractivity contribution in [1.29, 1.82) is 0 Å². The van der Waals surface area contributed by atoms with Crippen LogP contribution in [-0.4, -0.2) is 12.5 Å². The Morgan fingerprint density at radius 2 is 2.30 bits per heavy atom. The van der Waals surface area contributed by atoms with Crippen molar-refractivity contribution in [1.82, 2.24) is 5.32 Å². The van der Waals surface area contributed by atoms with E-state index < -0.39 is 0 Å². The van der Waals surface area contributed by atoms with Crippen molar-refractivity contribution in [2.75, 3.05) is 6.54 Å². The average Bonchev–Trinajstić information content (AvgIpc) is 2.63. The molecule has 1 aliphatic carbocycles. The van der Waals surface area contributed by atoms with Crippen molar-refractivity contribution in [3.63, 3.8) is 0 Å². The van der Waals surface area contributed by atoms with E-state index in [1.165, 1.54) is 12.8 Å². The van der Waals surface area contributed by atoms with E-state index in [2.05, 4.69) is 12.2 Å². The maximum Gasteiger partial charge on any atom is 0.216 e. The van der Waals surface area contributed by atoms with Gasteiger partial charge in [0.25, 0.3) is 0 Å². The molecule has 0 saturated heterocycles. The molecule has 1 saturated carbocycles. The van der Waals surface area contributed by atoms with Gasteiger partial charge in [0.2, 0.25) is 5.91 Å². The predicted molar refractivity (Wildman–Crippen MR) is 40.6 cm³/mol. The lowest BCUT2D eigenvalue weighted by atomic mass is 10.1. The molecule has 0 bridgehead atoms. The van der Waals surface area contributed by atoms with Gasteiger partial charge in [0.1, 0.15) is 0 Å². The van der Waals surface area contributed by atoms with Crippen molar-refractivity contribution in [2.24, 2.45) is 11.8 Å². The number of hydrogen-bond donors (Lipinski definition) is 1. The zero-order valence-electron chi connectivity index (χ0n) is 6.68. The molecule has 0 radical (unpaired) electrons. The highest BCUT2D eigenvalue weighted by atomic mass is 16.1. The SMILES string of the molecule is CC(=O)NCC(C)C1CC1. The second-order valence-electron chi connectivity index (χ2n) is 3.25. The molecule has 1 aliphatic rings. The van der Waals surface area contributed by atoms with Crippen molar-refractivity contribution in [2.45, 2.75) is 26.7 Å². The van der Waals surface area contributed by atoms with Gasteiger partial charge >= 0.3 is 0 Å². The Balaban J connectivity index is 2.05. The molecule has 1 N–H and O–H groups in total. The summed E-state index contributed by atoms with van der Waals surface area (Å²) in [4.78, 5) is 10.5. The smallest absolute Gasteiger partial charge is 0.216 e. The highest BCUT2D eigenvalue weighted by Gasteiger charge is 2.27. The Kier molecular flexibility index (Phi) is 2.30. The van der Waals surface area contributed by atoms with E-state index in [9.17, 15) is 4.79 Å². The minimum absolute atomic E-state index is 0.0903. The van der Waals surface area contributed by atoms with Crippen LogP contribution in [0.1, 0.15) is 26.7 Å². The molecule has 2 heteroatoms. The van der Waals surface area contributed by atoms with Crippen molar-refractivity contribution in [3.8, 4) is 0 Å². The highest BCUT2D eigenvalue weighted by Crippen LogP contribution is 2.35. The largest absolute Gasteiger partial charge is 0.356 e. The summed E-state index contributed by atoms with van der Waals surface area (Å²) in [7, 11) is 0. The standard InChI is InChI=1S/C8H15NO/c1-6(8-3-4-8)5-9-7(2)10/h6,8H,3-5H2,1-2H3,(H,9,10). The number of carbonyl (C=O) groups is 1. The third kappa shape index (κ3) is 2.38. The molecule has 1 atom stereocenters. The van der Waals surface area contributed by atoms with Gasteiger partial charge in [-0.2, -0.15) is 0 Å². The molecule has 58 valence electrons. The summed E-state index contributed by atoms with van der Waals surface area (Å²) in [5.74, 6) is 1.67. The second kappa shape index (κ2) is 3.04. The van der Waals surface area contributed by atoms with Gasteiger partial charge in [-0.25, -0.2) is 0 Å². The monoisotopic (exact) mass is 141 g/mol. The fourth-order valence-electron chi connectivity index (χ4n) is 1.14. The van der Waals surface area contributed by atoms with E-state index in [1.54, 1.807) is 6.92 Å². The van der Waals surface area contributed by atoms with Gasteiger partial charge in [0.15, 0.2) is 0 Å². The van der Waals surface area contributed by atoms with Crippen LogP contribution < -0.4 is 5.32 Å². The molecule has 1 rings (SSSR count). The van der Waals surface area contributed by atoms with Crippen LogP contribution in [0.25, 0.3) is 0 Å². The molecule has 1 unspecified atom stereocenters. The van der Waals surface area contributed by atoms with E-state index in [-0.39, 0.29) is 5.91 Å². The zero-order valence-corrected chi connectivity index (χ0v) is 6.68. The lowest BCUT2D eigenvalue weighted by Gasteiger charge is -2.08. The topological polar surface area (TPSA) is 29.1 Å². The summed E-state index contributed by atoms with van der Waals surface area (Å²) >= 11 is 0. The van der Waals surface area contributed by atoms with E-state index in [4.69, 9.17) is 0 Å². The second-order valence-corrected chi connectivity index (χ2v) is 3.25. The van der Waals surface area contributed by atoms with Gasteiger partial charge < -0.3 is 5.32 Å². The molecule has 0 spiro atoms. The van der Waals surface area contributed by atoms with Crippen LogP contribution in [0.15, 0.2) is 0 Å². The Morgan fingerprint density at radius 1 is 1.70 bits per heavy atom. The van der Waals surface area contributed by atoms with Crippen LogP contribution in [0, 0.1) is 11.8 Å². The first-order valence-corrected chi connectivity index (χ1v) is 3.94. The number of hydrogen-bond acceptors (Lipinski definition) is 1. The lowest BCUT2D eigenvalue weighted by molar-refractivity contribution is -0.119. The Bertz CT molecular complexity index is 129. The quantitative estimate of drug-likeness (QED) is 0.628. The molecule has 1 fully saturated rings. The van der Waals surface area contributed by atoms with Gasteiger partial charge in [-0.15, -0.1) is 0 Å². The summed E-state index contributed by atoms with van der Waals surface area (Å²) in [5.41, 5.74) is 0. The van der Waals surface area contributed by atoms with Crippen molar-refractivity contribution < 1.29 is 4.79 Å². The van der Waals surface area contributed by atoms with Gasteiger partial charge in [-0.05, 0) is 24.7 Å². The molecule has 0 aromatic heterocycles. The van der Waals surface area contributed by atoms with Crippen LogP contribution in [0.5, 0.6) is 0 Å². The van der Waals surface area contributed by atoms with Gasteiger partial charge in [-0.1, -0.05) is 6.92 Å². The summed E-state index contributed by atoms with van der Waals surface area (Å²) < 4.78 is 0. The van der Waals surface area contributed by atoms with E-state index in [1.807, 2.05) is 0 Å². The molecule has 0 aromatic carbocycles. The van der Waals surface area contributed by atoms with Gasteiger partial charge in [0.05, 0.1) is 0 Å².